The van der Waals surface area contributed by atoms with E-state index in [-0.39, 0.29) is 41.3 Å². The van der Waals surface area contributed by atoms with Gasteiger partial charge in [-0.05, 0) is 43.5 Å². The number of fused-ring (bicyclic) bond motifs is 1. The lowest BCUT2D eigenvalue weighted by Gasteiger charge is -2.36. The van der Waals surface area contributed by atoms with Crippen molar-refractivity contribution in [3.05, 3.63) is 98.7 Å². The third-order valence-electron chi connectivity index (χ3n) is 7.08. The number of rotatable bonds is 6. The maximum atomic E-state index is 13.8. The molecule has 0 saturated heterocycles. The Morgan fingerprint density at radius 3 is 2.59 bits per heavy atom. The van der Waals surface area contributed by atoms with E-state index in [1.54, 1.807) is 38.3 Å². The molecular weight excluding hydrogens is 470 g/mol. The van der Waals surface area contributed by atoms with Crippen molar-refractivity contribution in [1.82, 2.24) is 5.32 Å². The number of carbonyl (C=O) groups is 2. The number of dihydropyridines is 1. The Kier molecular flexibility index (Phi) is 6.70. The predicted molar refractivity (Wildman–Crippen MR) is 139 cm³/mol. The fourth-order valence-corrected chi connectivity index (χ4v) is 5.41. The van der Waals surface area contributed by atoms with Gasteiger partial charge in [0, 0.05) is 34.9 Å². The van der Waals surface area contributed by atoms with Gasteiger partial charge in [-0.25, -0.2) is 4.79 Å². The lowest BCUT2D eigenvalue weighted by Crippen LogP contribution is -2.37. The molecule has 190 valence electrons. The normalized spacial score (nSPS) is 19.5. The maximum Gasteiger partial charge on any atom is 0.336 e. The Balaban J connectivity index is 1.66. The quantitative estimate of drug-likeness (QED) is 0.471. The van der Waals surface area contributed by atoms with Gasteiger partial charge in [-0.15, -0.1) is 0 Å². The molecule has 1 N–H and O–H groups in total. The van der Waals surface area contributed by atoms with Crippen LogP contribution < -0.4 is 15.5 Å². The number of benzene rings is 2. The van der Waals surface area contributed by atoms with E-state index in [4.69, 9.17) is 13.9 Å². The van der Waals surface area contributed by atoms with Crippen LogP contribution in [-0.2, 0) is 14.3 Å². The van der Waals surface area contributed by atoms with Crippen LogP contribution in [0.1, 0.15) is 56.1 Å². The van der Waals surface area contributed by atoms with Crippen LogP contribution in [0.15, 0.2) is 86.5 Å². The summed E-state index contributed by atoms with van der Waals surface area (Å²) in [6.07, 6.45) is 2.80. The van der Waals surface area contributed by atoms with Gasteiger partial charge in [-0.1, -0.05) is 37.3 Å². The highest BCUT2D eigenvalue weighted by Gasteiger charge is 2.43. The van der Waals surface area contributed by atoms with Crippen molar-refractivity contribution in [3.63, 3.8) is 0 Å². The zero-order valence-corrected chi connectivity index (χ0v) is 21.1. The van der Waals surface area contributed by atoms with Gasteiger partial charge < -0.3 is 19.2 Å². The lowest BCUT2D eigenvalue weighted by atomic mass is 9.71. The van der Waals surface area contributed by atoms with Gasteiger partial charge in [0.1, 0.15) is 11.3 Å². The Labute approximate surface area is 214 Å². The second kappa shape index (κ2) is 10.1. The first kappa shape index (κ1) is 24.6. The summed E-state index contributed by atoms with van der Waals surface area (Å²) in [5.41, 5.74) is 3.32. The van der Waals surface area contributed by atoms with Crippen molar-refractivity contribution >= 4 is 22.7 Å². The third kappa shape index (κ3) is 4.35. The predicted octanol–water partition coefficient (Wildman–Crippen LogP) is 5.12. The molecule has 7 nitrogen and oxygen atoms in total. The van der Waals surface area contributed by atoms with Crippen LogP contribution in [0.3, 0.4) is 0 Å². The Morgan fingerprint density at radius 2 is 1.81 bits per heavy atom. The number of methoxy groups -OCH3 is 1. The molecule has 1 aliphatic heterocycles. The van der Waals surface area contributed by atoms with Gasteiger partial charge in [0.25, 0.3) is 0 Å². The van der Waals surface area contributed by atoms with Gasteiger partial charge in [0.05, 0.1) is 36.9 Å². The zero-order valence-electron chi connectivity index (χ0n) is 21.1. The maximum absolute atomic E-state index is 13.8. The Hall–Kier alpha value is -4.13. The molecular formula is C30H29NO6. The van der Waals surface area contributed by atoms with Gasteiger partial charge in [0.15, 0.2) is 11.2 Å². The van der Waals surface area contributed by atoms with Gasteiger partial charge in [-0.2, -0.15) is 0 Å². The molecule has 0 fully saturated rings. The molecule has 2 aromatic carbocycles. The topological polar surface area (TPSA) is 94.8 Å². The van der Waals surface area contributed by atoms with E-state index in [1.807, 2.05) is 31.2 Å². The number of hydrogen-bond acceptors (Lipinski definition) is 7. The minimum absolute atomic E-state index is 0.107. The molecule has 0 unspecified atom stereocenters. The molecule has 5 rings (SSSR count). The minimum Gasteiger partial charge on any atom is -0.496 e. The number of para-hydroxylation sites is 2. The molecule has 2 heterocycles. The number of Topliss-reactive ketones (excluding diaryl/α,β-unsaturated/α-hetero) is 1. The molecule has 7 heteroatoms. The van der Waals surface area contributed by atoms with Crippen LogP contribution in [0.4, 0.5) is 0 Å². The first-order chi connectivity index (χ1) is 17.9. The van der Waals surface area contributed by atoms with Crippen molar-refractivity contribution in [3.8, 4) is 5.75 Å². The highest BCUT2D eigenvalue weighted by molar-refractivity contribution is 6.04. The van der Waals surface area contributed by atoms with Crippen LogP contribution in [0.2, 0.25) is 0 Å². The first-order valence-electron chi connectivity index (χ1n) is 12.5. The molecule has 2 atom stereocenters. The second-order valence-electron chi connectivity index (χ2n) is 9.41. The van der Waals surface area contributed by atoms with Crippen molar-refractivity contribution in [2.45, 2.75) is 44.9 Å². The molecule has 0 spiro atoms. The number of allylic oxidation sites excluding steroid dienone is 3. The van der Waals surface area contributed by atoms with E-state index in [2.05, 4.69) is 5.32 Å². The van der Waals surface area contributed by atoms with Crippen LogP contribution >= 0.6 is 0 Å². The molecule has 0 radical (unpaired) electrons. The largest absolute Gasteiger partial charge is 0.496 e. The van der Waals surface area contributed by atoms with Crippen molar-refractivity contribution in [2.75, 3.05) is 13.7 Å². The second-order valence-corrected chi connectivity index (χ2v) is 9.41. The average Bonchev–Trinajstić information content (AvgIpc) is 2.91. The number of ether oxygens (including phenoxy) is 2. The van der Waals surface area contributed by atoms with E-state index in [0.29, 0.717) is 40.8 Å². The fraction of sp³-hybridized carbons (Fsp3) is 0.300. The Bertz CT molecular complexity index is 1510. The third-order valence-corrected chi connectivity index (χ3v) is 7.08. The molecule has 0 amide bonds. The molecule has 3 aromatic rings. The van der Waals surface area contributed by atoms with Crippen molar-refractivity contribution in [1.29, 1.82) is 0 Å². The first-order valence-corrected chi connectivity index (χ1v) is 12.5. The summed E-state index contributed by atoms with van der Waals surface area (Å²) in [5, 5.41) is 3.71. The average molecular weight is 500 g/mol. The summed E-state index contributed by atoms with van der Waals surface area (Å²) in [5.74, 6) is -0.938. The molecule has 0 bridgehead atoms. The number of nitrogens with one attached hydrogen (secondary N) is 1. The zero-order chi connectivity index (χ0) is 26.1. The van der Waals surface area contributed by atoms with E-state index in [1.165, 1.54) is 6.26 Å². The van der Waals surface area contributed by atoms with E-state index >= 15 is 0 Å². The number of ketones is 1. The smallest absolute Gasteiger partial charge is 0.336 e. The standard InChI is InChI=1S/C30H29NO6/c1-4-13-36-30(34)26-17(2)31-22-14-18(19-9-5-7-11-24(19)35-3)15-23(32)28(22)27(26)21-16-37-25-12-8-6-10-20(25)29(21)33/h5-12,16,18,27,31H,4,13-15H2,1-3H3/t18-,27-/m1/s1. The number of carbonyl (C=O) groups excluding carboxylic acids is 2. The molecule has 0 saturated carbocycles. The summed E-state index contributed by atoms with van der Waals surface area (Å²) in [6.45, 7) is 3.93. The van der Waals surface area contributed by atoms with Crippen LogP contribution in [0.5, 0.6) is 5.75 Å². The van der Waals surface area contributed by atoms with Crippen LogP contribution in [-0.4, -0.2) is 25.5 Å². The van der Waals surface area contributed by atoms with Crippen molar-refractivity contribution in [2.24, 2.45) is 0 Å². The molecule has 1 aliphatic carbocycles. The van der Waals surface area contributed by atoms with Crippen molar-refractivity contribution < 1.29 is 23.5 Å². The SMILES string of the molecule is CCCOC(=O)C1=C(C)NC2=C(C(=O)C[C@H](c3ccccc3OC)C2)[C@@H]1c1coc2ccccc2c1=O. The van der Waals surface area contributed by atoms with E-state index < -0.39 is 11.9 Å². The fourth-order valence-electron chi connectivity index (χ4n) is 5.41. The highest BCUT2D eigenvalue weighted by Crippen LogP contribution is 2.46. The van der Waals surface area contributed by atoms with Gasteiger partial charge in [-0.3, -0.25) is 9.59 Å². The minimum atomic E-state index is -0.882. The molecule has 37 heavy (non-hydrogen) atoms. The lowest BCUT2D eigenvalue weighted by molar-refractivity contribution is -0.139. The summed E-state index contributed by atoms with van der Waals surface area (Å²) >= 11 is 0. The summed E-state index contributed by atoms with van der Waals surface area (Å²) in [6, 6.07) is 14.6. The number of hydrogen-bond donors (Lipinski definition) is 1. The van der Waals surface area contributed by atoms with E-state index in [9.17, 15) is 14.4 Å². The van der Waals surface area contributed by atoms with Gasteiger partial charge in [0.2, 0.25) is 0 Å². The summed E-state index contributed by atoms with van der Waals surface area (Å²) in [4.78, 5) is 40.7. The summed E-state index contributed by atoms with van der Waals surface area (Å²) < 4.78 is 16.9. The number of esters is 1. The van der Waals surface area contributed by atoms with Gasteiger partial charge >= 0.3 is 5.97 Å². The summed E-state index contributed by atoms with van der Waals surface area (Å²) in [7, 11) is 1.61. The highest BCUT2D eigenvalue weighted by atomic mass is 16.5. The molecule has 2 aliphatic rings. The Morgan fingerprint density at radius 1 is 1.05 bits per heavy atom. The monoisotopic (exact) mass is 499 g/mol. The van der Waals surface area contributed by atoms with E-state index in [0.717, 1.165) is 11.3 Å². The molecule has 1 aromatic heterocycles. The van der Waals surface area contributed by atoms with Crippen LogP contribution in [0, 0.1) is 0 Å². The van der Waals surface area contributed by atoms with Crippen LogP contribution in [0.25, 0.3) is 11.0 Å².